The molecule has 3 heteroatoms. The van der Waals surface area contributed by atoms with Gasteiger partial charge in [0.15, 0.2) is 0 Å². The van der Waals surface area contributed by atoms with Crippen LogP contribution in [0.25, 0.3) is 5.57 Å². The molecule has 1 aliphatic carbocycles. The zero-order valence-electron chi connectivity index (χ0n) is 11.9. The van der Waals surface area contributed by atoms with Crippen molar-refractivity contribution in [2.45, 2.75) is 19.8 Å². The fourth-order valence-corrected chi connectivity index (χ4v) is 2.79. The quantitative estimate of drug-likeness (QED) is 0.670. The minimum Gasteiger partial charge on any atom is -0.477 e. The van der Waals surface area contributed by atoms with Crippen LogP contribution in [-0.4, -0.2) is 11.1 Å². The van der Waals surface area contributed by atoms with Crippen LogP contribution < -0.4 is 0 Å². The largest absolute Gasteiger partial charge is 0.477 e. The smallest absolute Gasteiger partial charge is 0.346 e. The summed E-state index contributed by atoms with van der Waals surface area (Å²) in [4.78, 5) is 11.5. The minimum atomic E-state index is -1.17. The molecule has 1 aromatic carbocycles. The second-order valence-electron chi connectivity index (χ2n) is 5.03. The Morgan fingerprint density at radius 3 is 2.52 bits per heavy atom. The number of carboxylic acid groups (broad SMARTS) is 1. The van der Waals surface area contributed by atoms with E-state index < -0.39 is 11.4 Å². The molecule has 0 aromatic heterocycles. The summed E-state index contributed by atoms with van der Waals surface area (Å²) >= 11 is 0. The molecule has 0 heterocycles. The number of hydrogen-bond donors (Lipinski definition) is 1. The molecular weight excluding hydrogens is 262 g/mol. The third-order valence-corrected chi connectivity index (χ3v) is 3.91. The van der Waals surface area contributed by atoms with Crippen LogP contribution in [0.2, 0.25) is 0 Å². The number of benzene rings is 1. The van der Waals surface area contributed by atoms with Crippen molar-refractivity contribution in [2.75, 3.05) is 0 Å². The average molecular weight is 279 g/mol. The minimum absolute atomic E-state index is 0.178. The Labute approximate surface area is 124 Å². The molecule has 3 nitrogen and oxygen atoms in total. The predicted molar refractivity (Wildman–Crippen MR) is 82.2 cm³/mol. The van der Waals surface area contributed by atoms with Gasteiger partial charge in [0.25, 0.3) is 0 Å². The lowest BCUT2D eigenvalue weighted by Crippen LogP contribution is -2.23. The van der Waals surface area contributed by atoms with Crippen LogP contribution in [-0.2, 0) is 4.79 Å². The van der Waals surface area contributed by atoms with E-state index >= 15 is 0 Å². The molecule has 2 rings (SSSR count). The lowest BCUT2D eigenvalue weighted by Gasteiger charge is -2.34. The highest BCUT2D eigenvalue weighted by Crippen LogP contribution is 2.46. The monoisotopic (exact) mass is 279 g/mol. The van der Waals surface area contributed by atoms with Gasteiger partial charge in [-0.25, -0.2) is 4.79 Å². The van der Waals surface area contributed by atoms with Gasteiger partial charge in [0.2, 0.25) is 0 Å². The van der Waals surface area contributed by atoms with E-state index in [1.165, 1.54) is 0 Å². The number of carbonyl (C=O) groups is 1. The summed E-state index contributed by atoms with van der Waals surface area (Å²) in [6.07, 6.45) is 9.33. The highest BCUT2D eigenvalue weighted by atomic mass is 16.4. The van der Waals surface area contributed by atoms with Gasteiger partial charge in [-0.1, -0.05) is 61.6 Å². The van der Waals surface area contributed by atoms with Crippen molar-refractivity contribution in [3.63, 3.8) is 0 Å². The molecule has 21 heavy (non-hydrogen) atoms. The van der Waals surface area contributed by atoms with E-state index in [1.54, 1.807) is 0 Å². The number of allylic oxidation sites excluding steroid dienone is 5. The molecule has 0 saturated heterocycles. The fraction of sp³-hybridized carbons (Fsp3) is 0.222. The third kappa shape index (κ3) is 2.80. The van der Waals surface area contributed by atoms with E-state index in [4.69, 9.17) is 0 Å². The van der Waals surface area contributed by atoms with Gasteiger partial charge in [0, 0.05) is 5.41 Å². The maximum atomic E-state index is 11.5. The van der Waals surface area contributed by atoms with Crippen molar-refractivity contribution in [1.82, 2.24) is 0 Å². The van der Waals surface area contributed by atoms with Crippen LogP contribution in [0.4, 0.5) is 0 Å². The lowest BCUT2D eigenvalue weighted by atomic mass is 9.69. The number of carboxylic acids is 1. The fourth-order valence-electron chi connectivity index (χ4n) is 2.79. The number of hydrogen-bond acceptors (Lipinski definition) is 2. The van der Waals surface area contributed by atoms with Crippen molar-refractivity contribution in [2.24, 2.45) is 5.41 Å². The topological polar surface area (TPSA) is 61.1 Å². The van der Waals surface area contributed by atoms with Gasteiger partial charge in [0.1, 0.15) is 11.6 Å². The molecule has 1 unspecified atom stereocenters. The SMILES string of the molecule is CCC1(C(=C(C#N)C(=O)O)c2ccccc2)C=CC=CC1. The van der Waals surface area contributed by atoms with Gasteiger partial charge in [-0.05, 0) is 24.0 Å². The summed E-state index contributed by atoms with van der Waals surface area (Å²) < 4.78 is 0. The van der Waals surface area contributed by atoms with Crippen LogP contribution in [0.15, 0.2) is 60.2 Å². The number of nitrogens with zero attached hydrogens (tertiary/aromatic N) is 1. The summed E-state index contributed by atoms with van der Waals surface area (Å²) in [5.41, 5.74) is 0.766. The zero-order chi connectivity index (χ0) is 15.3. The molecule has 1 aromatic rings. The Balaban J connectivity index is 2.74. The molecule has 1 aliphatic rings. The summed E-state index contributed by atoms with van der Waals surface area (Å²) in [6, 6.07) is 11.2. The first-order valence-corrected chi connectivity index (χ1v) is 6.92. The van der Waals surface area contributed by atoms with Crippen LogP contribution in [0, 0.1) is 16.7 Å². The van der Waals surface area contributed by atoms with Crippen molar-refractivity contribution in [3.05, 3.63) is 65.8 Å². The Hall–Kier alpha value is -2.60. The van der Waals surface area contributed by atoms with Crippen LogP contribution in [0.3, 0.4) is 0 Å². The van der Waals surface area contributed by atoms with Crippen molar-refractivity contribution < 1.29 is 9.90 Å². The molecule has 0 spiro atoms. The van der Waals surface area contributed by atoms with Crippen molar-refractivity contribution >= 4 is 11.5 Å². The highest BCUT2D eigenvalue weighted by Gasteiger charge is 2.35. The number of aliphatic carboxylic acids is 1. The first-order chi connectivity index (χ1) is 10.1. The lowest BCUT2D eigenvalue weighted by molar-refractivity contribution is -0.132. The standard InChI is InChI=1S/C18H17NO2/c1-2-18(11-7-4-8-12-18)16(15(13-19)17(20)21)14-9-5-3-6-10-14/h3-11H,2,12H2,1H3,(H,20,21). The Morgan fingerprint density at radius 2 is 2.05 bits per heavy atom. The maximum absolute atomic E-state index is 11.5. The van der Waals surface area contributed by atoms with Crippen LogP contribution >= 0.6 is 0 Å². The molecular formula is C18H17NO2. The van der Waals surface area contributed by atoms with Gasteiger partial charge < -0.3 is 5.11 Å². The first-order valence-electron chi connectivity index (χ1n) is 6.92. The van der Waals surface area contributed by atoms with E-state index in [0.717, 1.165) is 12.0 Å². The van der Waals surface area contributed by atoms with E-state index in [9.17, 15) is 15.2 Å². The molecule has 0 radical (unpaired) electrons. The van der Waals surface area contributed by atoms with Crippen LogP contribution in [0.5, 0.6) is 0 Å². The van der Waals surface area contributed by atoms with E-state index in [1.807, 2.05) is 67.6 Å². The third-order valence-electron chi connectivity index (χ3n) is 3.91. The van der Waals surface area contributed by atoms with Gasteiger partial charge in [-0.2, -0.15) is 5.26 Å². The van der Waals surface area contributed by atoms with E-state index in [-0.39, 0.29) is 5.57 Å². The van der Waals surface area contributed by atoms with E-state index in [2.05, 4.69) is 0 Å². The van der Waals surface area contributed by atoms with Crippen molar-refractivity contribution in [1.29, 1.82) is 5.26 Å². The molecule has 0 amide bonds. The molecule has 0 saturated carbocycles. The van der Waals surface area contributed by atoms with Crippen molar-refractivity contribution in [3.8, 4) is 6.07 Å². The van der Waals surface area contributed by atoms with Gasteiger partial charge in [-0.15, -0.1) is 0 Å². The Morgan fingerprint density at radius 1 is 1.33 bits per heavy atom. The number of nitriles is 1. The molecule has 106 valence electrons. The van der Waals surface area contributed by atoms with Gasteiger partial charge in [-0.3, -0.25) is 0 Å². The number of rotatable bonds is 4. The summed E-state index contributed by atoms with van der Waals surface area (Å²) in [6.45, 7) is 2.02. The molecule has 0 bridgehead atoms. The second-order valence-corrected chi connectivity index (χ2v) is 5.03. The summed E-state index contributed by atoms with van der Waals surface area (Å²) in [5.74, 6) is -1.17. The predicted octanol–water partition coefficient (Wildman–Crippen LogP) is 3.96. The first kappa shape index (κ1) is 14.8. The molecule has 0 aliphatic heterocycles. The molecule has 1 N–H and O–H groups in total. The summed E-state index contributed by atoms with van der Waals surface area (Å²) in [7, 11) is 0. The molecule has 1 atom stereocenters. The Bertz CT molecular complexity index is 662. The normalized spacial score (nSPS) is 21.5. The van der Waals surface area contributed by atoms with Crippen LogP contribution in [0.1, 0.15) is 25.3 Å². The zero-order valence-corrected chi connectivity index (χ0v) is 11.9. The second kappa shape index (κ2) is 6.23. The van der Waals surface area contributed by atoms with Gasteiger partial charge >= 0.3 is 5.97 Å². The van der Waals surface area contributed by atoms with Gasteiger partial charge in [0.05, 0.1) is 0 Å². The van der Waals surface area contributed by atoms with E-state index in [0.29, 0.717) is 12.0 Å². The maximum Gasteiger partial charge on any atom is 0.346 e. The average Bonchev–Trinajstić information content (AvgIpc) is 2.53. The summed E-state index contributed by atoms with van der Waals surface area (Å²) in [5, 5.41) is 18.8. The molecule has 0 fully saturated rings. The Kier molecular flexibility index (Phi) is 4.39. The highest BCUT2D eigenvalue weighted by molar-refractivity contribution is 6.02.